The van der Waals surface area contributed by atoms with Crippen LogP contribution in [0.5, 0.6) is 0 Å². The summed E-state index contributed by atoms with van der Waals surface area (Å²) in [5.74, 6) is 0. The van der Waals surface area contributed by atoms with E-state index < -0.39 is 0 Å². The Kier molecular flexibility index (Phi) is 4.39. The van der Waals surface area contributed by atoms with Crippen molar-refractivity contribution < 1.29 is 8.83 Å². The smallest absolute Gasteiger partial charge is 0.143 e. The zero-order valence-electron chi connectivity index (χ0n) is 21.2. The molecule has 0 spiro atoms. The van der Waals surface area contributed by atoms with E-state index in [1.165, 1.54) is 22.3 Å². The zero-order chi connectivity index (χ0) is 25.4. The van der Waals surface area contributed by atoms with Gasteiger partial charge < -0.3 is 8.83 Å². The topological polar surface area (TPSA) is 26.3 Å². The monoisotopic (exact) mass is 488 g/mol. The minimum absolute atomic E-state index is 0.901. The highest BCUT2D eigenvalue weighted by atomic mass is 16.3. The van der Waals surface area contributed by atoms with Crippen LogP contribution in [0.1, 0.15) is 11.1 Å². The molecule has 0 saturated heterocycles. The molecule has 2 aromatic heterocycles. The van der Waals surface area contributed by atoms with Gasteiger partial charge in [0.25, 0.3) is 0 Å². The molecule has 0 saturated carbocycles. The fourth-order valence-electron chi connectivity index (χ4n) is 5.72. The van der Waals surface area contributed by atoms with E-state index in [0.29, 0.717) is 0 Å². The number of hydrogen-bond acceptors (Lipinski definition) is 2. The first-order valence-corrected chi connectivity index (χ1v) is 13.0. The molecule has 0 N–H and O–H groups in total. The summed E-state index contributed by atoms with van der Waals surface area (Å²) in [5, 5.41) is 6.65. The third kappa shape index (κ3) is 3.13. The number of fused-ring (bicyclic) bond motifs is 9. The van der Waals surface area contributed by atoms with Crippen LogP contribution in [0.3, 0.4) is 0 Å². The van der Waals surface area contributed by atoms with Gasteiger partial charge in [0.05, 0.1) is 0 Å². The van der Waals surface area contributed by atoms with E-state index in [2.05, 4.69) is 123 Å². The molecule has 0 unspecified atom stereocenters. The number of benzene rings is 6. The van der Waals surface area contributed by atoms with Gasteiger partial charge in [-0.2, -0.15) is 0 Å². The standard InChI is InChI=1S/C36H24O2/c1-21-3-7-23(8-4-21)25-11-13-27-29-15-17-32-31(35(29)37-33(27)19-25)18-16-30-28-14-12-26(20-34(28)38-36(30)32)24-9-5-22(2)6-10-24/h3-20H,1-2H3. The van der Waals surface area contributed by atoms with Crippen LogP contribution in [-0.2, 0) is 0 Å². The number of rotatable bonds is 2. The molecule has 38 heavy (non-hydrogen) atoms. The molecule has 180 valence electrons. The second-order valence-electron chi connectivity index (χ2n) is 10.3. The van der Waals surface area contributed by atoms with Crippen molar-refractivity contribution in [3.05, 3.63) is 120 Å². The van der Waals surface area contributed by atoms with Crippen molar-refractivity contribution in [2.75, 3.05) is 0 Å². The van der Waals surface area contributed by atoms with E-state index in [1.54, 1.807) is 0 Å². The number of aryl methyl sites for hydroxylation is 2. The number of hydrogen-bond donors (Lipinski definition) is 0. The maximum atomic E-state index is 6.52. The van der Waals surface area contributed by atoms with Gasteiger partial charge in [-0.05, 0) is 84.6 Å². The molecule has 0 aliphatic heterocycles. The predicted molar refractivity (Wildman–Crippen MR) is 159 cm³/mol. The first-order chi connectivity index (χ1) is 18.6. The van der Waals surface area contributed by atoms with Gasteiger partial charge in [0.15, 0.2) is 0 Å². The summed E-state index contributed by atoms with van der Waals surface area (Å²) < 4.78 is 13.0. The van der Waals surface area contributed by atoms with E-state index >= 15 is 0 Å². The molecule has 0 atom stereocenters. The molecule has 2 heterocycles. The van der Waals surface area contributed by atoms with Crippen molar-refractivity contribution in [3.63, 3.8) is 0 Å². The molecule has 2 heteroatoms. The van der Waals surface area contributed by atoms with Crippen LogP contribution in [-0.4, -0.2) is 0 Å². The Morgan fingerprint density at radius 2 is 0.658 bits per heavy atom. The fraction of sp³-hybridized carbons (Fsp3) is 0.0556. The molecule has 0 amide bonds. The summed E-state index contributed by atoms with van der Waals surface area (Å²) in [6.07, 6.45) is 0. The summed E-state index contributed by atoms with van der Waals surface area (Å²) in [4.78, 5) is 0. The zero-order valence-corrected chi connectivity index (χ0v) is 21.2. The fourth-order valence-corrected chi connectivity index (χ4v) is 5.72. The highest BCUT2D eigenvalue weighted by Gasteiger charge is 2.16. The molecule has 0 aliphatic rings. The van der Waals surface area contributed by atoms with E-state index in [9.17, 15) is 0 Å². The molecule has 8 rings (SSSR count). The maximum Gasteiger partial charge on any atom is 0.143 e. The third-order valence-electron chi connectivity index (χ3n) is 7.84. The molecule has 0 fully saturated rings. The van der Waals surface area contributed by atoms with E-state index in [-0.39, 0.29) is 0 Å². The van der Waals surface area contributed by atoms with Crippen molar-refractivity contribution >= 4 is 54.6 Å². The Hall–Kier alpha value is -4.82. The van der Waals surface area contributed by atoms with Crippen LogP contribution < -0.4 is 0 Å². The van der Waals surface area contributed by atoms with Crippen molar-refractivity contribution in [2.45, 2.75) is 13.8 Å². The van der Waals surface area contributed by atoms with E-state index in [4.69, 9.17) is 8.83 Å². The summed E-state index contributed by atoms with van der Waals surface area (Å²) in [6.45, 7) is 4.22. The Morgan fingerprint density at radius 1 is 0.342 bits per heavy atom. The highest BCUT2D eigenvalue weighted by molar-refractivity contribution is 6.22. The van der Waals surface area contributed by atoms with Crippen LogP contribution in [0.2, 0.25) is 0 Å². The van der Waals surface area contributed by atoms with Gasteiger partial charge in [0.1, 0.15) is 22.3 Å². The summed E-state index contributed by atoms with van der Waals surface area (Å²) >= 11 is 0. The molecule has 2 nitrogen and oxygen atoms in total. The van der Waals surface area contributed by atoms with Gasteiger partial charge >= 0.3 is 0 Å². The second-order valence-corrected chi connectivity index (χ2v) is 10.3. The Bertz CT molecular complexity index is 2010. The molecular formula is C36H24O2. The van der Waals surface area contributed by atoms with Crippen LogP contribution in [0.25, 0.3) is 76.9 Å². The minimum Gasteiger partial charge on any atom is -0.455 e. The summed E-state index contributed by atoms with van der Waals surface area (Å²) in [5.41, 5.74) is 10.8. The molecule has 6 aromatic carbocycles. The predicted octanol–water partition coefficient (Wildman–Crippen LogP) is 10.6. The highest BCUT2D eigenvalue weighted by Crippen LogP contribution is 2.41. The Labute approximate surface area is 219 Å². The van der Waals surface area contributed by atoms with Gasteiger partial charge in [-0.15, -0.1) is 0 Å². The molecule has 8 aromatic rings. The van der Waals surface area contributed by atoms with Crippen LogP contribution in [0, 0.1) is 13.8 Å². The van der Waals surface area contributed by atoms with Gasteiger partial charge in [0.2, 0.25) is 0 Å². The minimum atomic E-state index is 0.901. The second kappa shape index (κ2) is 7.84. The SMILES string of the molecule is Cc1ccc(-c2ccc3c(c2)oc2c3ccc3c2ccc2c4ccc(-c5ccc(C)cc5)cc4oc23)cc1. The molecule has 0 bridgehead atoms. The van der Waals surface area contributed by atoms with Gasteiger partial charge in [-0.25, -0.2) is 0 Å². The molecular weight excluding hydrogens is 464 g/mol. The van der Waals surface area contributed by atoms with Gasteiger partial charge in [-0.1, -0.05) is 71.8 Å². The molecule has 0 radical (unpaired) electrons. The van der Waals surface area contributed by atoms with Crippen LogP contribution in [0.15, 0.2) is 118 Å². The summed E-state index contributed by atoms with van der Waals surface area (Å²) in [7, 11) is 0. The largest absolute Gasteiger partial charge is 0.455 e. The Balaban J connectivity index is 1.31. The van der Waals surface area contributed by atoms with Crippen LogP contribution >= 0.6 is 0 Å². The lowest BCUT2D eigenvalue weighted by Gasteiger charge is -2.02. The van der Waals surface area contributed by atoms with Crippen molar-refractivity contribution in [3.8, 4) is 22.3 Å². The normalized spacial score (nSPS) is 11.9. The first kappa shape index (κ1) is 21.3. The lowest BCUT2D eigenvalue weighted by Crippen LogP contribution is -1.78. The average Bonchev–Trinajstić information content (AvgIpc) is 3.51. The van der Waals surface area contributed by atoms with Crippen molar-refractivity contribution in [2.24, 2.45) is 0 Å². The van der Waals surface area contributed by atoms with Crippen molar-refractivity contribution in [1.82, 2.24) is 0 Å². The lowest BCUT2D eigenvalue weighted by atomic mass is 10.00. The van der Waals surface area contributed by atoms with E-state index in [1.807, 2.05) is 0 Å². The summed E-state index contributed by atoms with van der Waals surface area (Å²) in [6, 6.07) is 38.9. The lowest BCUT2D eigenvalue weighted by molar-refractivity contribution is 0.669. The first-order valence-electron chi connectivity index (χ1n) is 13.0. The average molecular weight is 489 g/mol. The third-order valence-corrected chi connectivity index (χ3v) is 7.84. The molecule has 0 aliphatic carbocycles. The quantitative estimate of drug-likeness (QED) is 0.242. The maximum absolute atomic E-state index is 6.52. The number of furan rings is 2. The van der Waals surface area contributed by atoms with Crippen molar-refractivity contribution in [1.29, 1.82) is 0 Å². The Morgan fingerprint density at radius 3 is 1.05 bits per heavy atom. The van der Waals surface area contributed by atoms with Gasteiger partial charge in [0, 0.05) is 32.3 Å². The van der Waals surface area contributed by atoms with E-state index in [0.717, 1.165) is 65.8 Å². The van der Waals surface area contributed by atoms with Crippen LogP contribution in [0.4, 0.5) is 0 Å². The van der Waals surface area contributed by atoms with Gasteiger partial charge in [-0.3, -0.25) is 0 Å².